The van der Waals surface area contributed by atoms with E-state index in [2.05, 4.69) is 37.2 Å². The van der Waals surface area contributed by atoms with Gasteiger partial charge in [-0.25, -0.2) is 0 Å². The summed E-state index contributed by atoms with van der Waals surface area (Å²) in [5, 5.41) is 2.69. The van der Waals surface area contributed by atoms with E-state index < -0.39 is 0 Å². The molecule has 8 heavy (non-hydrogen) atoms. The molecule has 2 nitrogen and oxygen atoms in total. The summed E-state index contributed by atoms with van der Waals surface area (Å²) in [6.07, 6.45) is 0. The Kier molecular flexibility index (Phi) is 1.92. The molecular weight excluding hydrogens is 238 g/mol. The molecule has 1 N–H and O–H groups in total. The van der Waals surface area contributed by atoms with Crippen molar-refractivity contribution in [2.24, 2.45) is 0 Å². The normalized spacial score (nSPS) is 37.5. The largest absolute Gasteiger partial charge is 0.354 e. The van der Waals surface area contributed by atoms with Crippen molar-refractivity contribution in [3.8, 4) is 0 Å². The van der Waals surface area contributed by atoms with E-state index in [0.717, 1.165) is 6.54 Å². The molecule has 1 aliphatic heterocycles. The zero-order valence-electron chi connectivity index (χ0n) is 4.03. The Morgan fingerprint density at radius 1 is 1.62 bits per heavy atom. The molecule has 2 atom stereocenters. The predicted octanol–water partition coefficient (Wildman–Crippen LogP) is 0.643. The van der Waals surface area contributed by atoms with Crippen molar-refractivity contribution in [3.63, 3.8) is 0 Å². The minimum atomic E-state index is -0.0394. The molecule has 1 fully saturated rings. The monoisotopic (exact) mass is 241 g/mol. The zero-order chi connectivity index (χ0) is 6.15. The van der Waals surface area contributed by atoms with Gasteiger partial charge in [0.25, 0.3) is 0 Å². The van der Waals surface area contributed by atoms with Crippen LogP contribution in [0, 0.1) is 0 Å². The summed E-state index contributed by atoms with van der Waals surface area (Å²) in [7, 11) is 0. The number of carbonyl (C=O) groups excluding carboxylic acids is 1. The second kappa shape index (κ2) is 2.35. The zero-order valence-corrected chi connectivity index (χ0v) is 7.20. The van der Waals surface area contributed by atoms with Gasteiger partial charge in [-0.1, -0.05) is 31.9 Å². The van der Waals surface area contributed by atoms with Gasteiger partial charge in [-0.15, -0.1) is 0 Å². The Bertz CT molecular complexity index is 117. The van der Waals surface area contributed by atoms with Gasteiger partial charge in [0.15, 0.2) is 0 Å². The molecule has 0 radical (unpaired) electrons. The number of halogens is 2. The van der Waals surface area contributed by atoms with E-state index in [-0.39, 0.29) is 15.6 Å². The third kappa shape index (κ3) is 1.05. The molecule has 0 bridgehead atoms. The predicted molar refractivity (Wildman–Crippen MR) is 38.4 cm³/mol. The molecule has 0 spiro atoms. The van der Waals surface area contributed by atoms with E-state index in [1.807, 2.05) is 0 Å². The van der Waals surface area contributed by atoms with Crippen LogP contribution in [0.4, 0.5) is 0 Å². The highest BCUT2D eigenvalue weighted by Crippen LogP contribution is 2.18. The Balaban J connectivity index is 2.56. The van der Waals surface area contributed by atoms with Crippen LogP contribution in [0.1, 0.15) is 0 Å². The van der Waals surface area contributed by atoms with Crippen molar-refractivity contribution >= 4 is 37.8 Å². The molecule has 46 valence electrons. The van der Waals surface area contributed by atoms with Crippen LogP contribution >= 0.6 is 31.9 Å². The molecule has 1 heterocycles. The topological polar surface area (TPSA) is 29.1 Å². The van der Waals surface area contributed by atoms with E-state index in [0.29, 0.717) is 0 Å². The van der Waals surface area contributed by atoms with Crippen molar-refractivity contribution in [3.05, 3.63) is 0 Å². The molecule has 2 unspecified atom stereocenters. The number of nitrogens with one attached hydrogen (secondary N) is 1. The highest BCUT2D eigenvalue weighted by molar-refractivity contribution is 9.12. The van der Waals surface area contributed by atoms with Gasteiger partial charge in [0.1, 0.15) is 4.83 Å². The van der Waals surface area contributed by atoms with Gasteiger partial charge in [-0.05, 0) is 0 Å². The molecule has 1 aliphatic rings. The molecule has 0 aromatic rings. The number of rotatable bonds is 0. The summed E-state index contributed by atoms with van der Waals surface area (Å²) in [5.41, 5.74) is 0. The van der Waals surface area contributed by atoms with Crippen LogP contribution < -0.4 is 5.32 Å². The average molecular weight is 243 g/mol. The van der Waals surface area contributed by atoms with Gasteiger partial charge in [0.2, 0.25) is 5.91 Å². The fraction of sp³-hybridized carbons (Fsp3) is 0.750. The highest BCUT2D eigenvalue weighted by Gasteiger charge is 2.29. The number of alkyl halides is 2. The van der Waals surface area contributed by atoms with Gasteiger partial charge in [-0.3, -0.25) is 4.79 Å². The third-order valence-corrected chi connectivity index (χ3v) is 3.66. The molecular formula is C4H5Br2NO. The third-order valence-electron chi connectivity index (χ3n) is 1.04. The summed E-state index contributed by atoms with van der Waals surface area (Å²) < 4.78 is 0. The highest BCUT2D eigenvalue weighted by atomic mass is 79.9. The van der Waals surface area contributed by atoms with Gasteiger partial charge >= 0.3 is 0 Å². The molecule has 4 heteroatoms. The van der Waals surface area contributed by atoms with Crippen LogP contribution in [0.25, 0.3) is 0 Å². The molecule has 0 aliphatic carbocycles. The number of amides is 1. The van der Waals surface area contributed by atoms with Crippen LogP contribution in [0.3, 0.4) is 0 Å². The quantitative estimate of drug-likeness (QED) is 0.621. The van der Waals surface area contributed by atoms with Crippen molar-refractivity contribution in [1.82, 2.24) is 5.32 Å². The van der Waals surface area contributed by atoms with E-state index in [1.54, 1.807) is 0 Å². The fourth-order valence-electron chi connectivity index (χ4n) is 0.563. The molecule has 0 aromatic heterocycles. The van der Waals surface area contributed by atoms with Gasteiger partial charge in [0, 0.05) is 6.54 Å². The van der Waals surface area contributed by atoms with Crippen molar-refractivity contribution in [2.75, 3.05) is 6.54 Å². The van der Waals surface area contributed by atoms with Gasteiger partial charge in [-0.2, -0.15) is 0 Å². The Hall–Kier alpha value is 0.430. The molecule has 1 saturated heterocycles. The van der Waals surface area contributed by atoms with Gasteiger partial charge < -0.3 is 5.32 Å². The lowest BCUT2D eigenvalue weighted by molar-refractivity contribution is -0.118. The second-order valence-corrected chi connectivity index (χ2v) is 3.83. The minimum Gasteiger partial charge on any atom is -0.354 e. The van der Waals surface area contributed by atoms with E-state index in [4.69, 9.17) is 0 Å². The number of hydrogen-bond acceptors (Lipinski definition) is 1. The molecule has 0 aromatic carbocycles. The average Bonchev–Trinajstić information content (AvgIpc) is 1.98. The molecule has 0 saturated carbocycles. The fourth-order valence-corrected chi connectivity index (χ4v) is 1.31. The van der Waals surface area contributed by atoms with Crippen molar-refractivity contribution in [2.45, 2.75) is 9.65 Å². The van der Waals surface area contributed by atoms with Crippen molar-refractivity contribution < 1.29 is 4.79 Å². The smallest absolute Gasteiger partial charge is 0.235 e. The maximum Gasteiger partial charge on any atom is 0.235 e. The SMILES string of the molecule is O=C1NCC(Br)C1Br. The van der Waals surface area contributed by atoms with E-state index in [9.17, 15) is 4.79 Å². The lowest BCUT2D eigenvalue weighted by Gasteiger charge is -1.96. The summed E-state index contributed by atoms with van der Waals surface area (Å²) in [4.78, 5) is 10.8. The summed E-state index contributed by atoms with van der Waals surface area (Å²) in [6.45, 7) is 0.731. The van der Waals surface area contributed by atoms with E-state index >= 15 is 0 Å². The summed E-state index contributed by atoms with van der Waals surface area (Å²) in [6, 6.07) is 0. The van der Waals surface area contributed by atoms with Gasteiger partial charge in [0.05, 0.1) is 4.83 Å². The minimum absolute atomic E-state index is 0.0394. The number of hydrogen-bond donors (Lipinski definition) is 1. The lowest BCUT2D eigenvalue weighted by Crippen LogP contribution is -2.18. The number of carbonyl (C=O) groups is 1. The lowest BCUT2D eigenvalue weighted by atomic mass is 10.4. The Morgan fingerprint density at radius 3 is 2.38 bits per heavy atom. The molecule has 1 amide bonds. The Morgan fingerprint density at radius 2 is 2.25 bits per heavy atom. The van der Waals surface area contributed by atoms with Crippen LogP contribution in [0.2, 0.25) is 0 Å². The Labute approximate surface area is 64.3 Å². The standard InChI is InChI=1S/C4H5Br2NO/c5-2-1-7-4(8)3(2)6/h2-3H,1H2,(H,7,8). The van der Waals surface area contributed by atoms with Crippen LogP contribution in [-0.4, -0.2) is 22.1 Å². The first-order valence-corrected chi connectivity index (χ1v) is 4.11. The first-order chi connectivity index (χ1) is 3.72. The first kappa shape index (κ1) is 6.55. The molecule has 1 rings (SSSR count). The van der Waals surface area contributed by atoms with Crippen LogP contribution in [-0.2, 0) is 4.79 Å². The maximum atomic E-state index is 10.6. The van der Waals surface area contributed by atoms with Crippen LogP contribution in [0.15, 0.2) is 0 Å². The van der Waals surface area contributed by atoms with E-state index in [1.165, 1.54) is 0 Å². The van der Waals surface area contributed by atoms with Crippen molar-refractivity contribution in [1.29, 1.82) is 0 Å². The van der Waals surface area contributed by atoms with Crippen LogP contribution in [0.5, 0.6) is 0 Å². The summed E-state index contributed by atoms with van der Waals surface area (Å²) >= 11 is 6.52. The second-order valence-electron chi connectivity index (χ2n) is 1.66. The summed E-state index contributed by atoms with van der Waals surface area (Å²) in [5.74, 6) is 0.0758. The first-order valence-electron chi connectivity index (χ1n) is 2.27. The maximum absolute atomic E-state index is 10.6.